The topological polar surface area (TPSA) is 104 Å². The Morgan fingerprint density at radius 2 is 1.33 bits per heavy atom. The molecule has 174 valence electrons. The smallest absolute Gasteiger partial charge is 0.550 e. The third-order valence-electron chi connectivity index (χ3n) is 5.27. The van der Waals surface area contributed by atoms with E-state index in [1.54, 1.807) is 0 Å². The van der Waals surface area contributed by atoms with Crippen molar-refractivity contribution >= 4 is 16.1 Å². The molecule has 0 aromatic rings. The van der Waals surface area contributed by atoms with E-state index in [1.165, 1.54) is 19.3 Å². The molecule has 0 bridgehead atoms. The van der Waals surface area contributed by atoms with Crippen LogP contribution >= 0.6 is 0 Å². The first-order valence-corrected chi connectivity index (χ1v) is 13.1. The molecular formula is C22H43NaO6S. The van der Waals surface area contributed by atoms with Gasteiger partial charge in [-0.25, -0.2) is 0 Å². The predicted octanol–water partition coefficient (Wildman–Crippen LogP) is 1.10. The molecule has 2 unspecified atom stereocenters. The number of hydrogen-bond donors (Lipinski definition) is 1. The standard InChI is InChI=1S/C22H44O6S.Na/c1-3-5-7-8-10-13-16-20(23)21(29(26,27)28-19-6-4-2)17-14-11-9-12-15-18-22(24)25;/h20-21,23H,3-19H2,1-2H3,(H,24,25);/q;+1/p-1. The summed E-state index contributed by atoms with van der Waals surface area (Å²) >= 11 is 0. The van der Waals surface area contributed by atoms with Gasteiger partial charge in [0.2, 0.25) is 0 Å². The fourth-order valence-electron chi connectivity index (χ4n) is 3.40. The van der Waals surface area contributed by atoms with Crippen molar-refractivity contribution in [3.63, 3.8) is 0 Å². The molecule has 2 atom stereocenters. The predicted molar refractivity (Wildman–Crippen MR) is 115 cm³/mol. The zero-order valence-electron chi connectivity index (χ0n) is 19.6. The molecular weight excluding hydrogens is 415 g/mol. The Balaban J connectivity index is 0. The summed E-state index contributed by atoms with van der Waals surface area (Å²) in [6.45, 7) is 4.31. The van der Waals surface area contributed by atoms with Gasteiger partial charge in [0.15, 0.2) is 0 Å². The summed E-state index contributed by atoms with van der Waals surface area (Å²) in [6, 6.07) is 0. The zero-order valence-corrected chi connectivity index (χ0v) is 22.4. The molecule has 0 aliphatic rings. The molecule has 0 saturated heterocycles. The van der Waals surface area contributed by atoms with E-state index in [1.807, 2.05) is 6.92 Å². The van der Waals surface area contributed by atoms with Gasteiger partial charge < -0.3 is 15.0 Å². The number of unbranched alkanes of at least 4 members (excludes halogenated alkanes) is 10. The normalized spacial score (nSPS) is 13.6. The Kier molecular flexibility index (Phi) is 23.0. The van der Waals surface area contributed by atoms with Crippen LogP contribution in [0.15, 0.2) is 0 Å². The first-order chi connectivity index (χ1) is 13.8. The molecule has 0 aliphatic heterocycles. The van der Waals surface area contributed by atoms with Crippen LogP contribution in [0.25, 0.3) is 0 Å². The first kappa shape index (κ1) is 32.5. The second-order valence-electron chi connectivity index (χ2n) is 8.01. The van der Waals surface area contributed by atoms with E-state index in [0.29, 0.717) is 32.1 Å². The number of carboxylic acids is 1. The summed E-state index contributed by atoms with van der Waals surface area (Å²) in [5.41, 5.74) is 0. The number of rotatable bonds is 21. The van der Waals surface area contributed by atoms with Gasteiger partial charge in [0.05, 0.1) is 12.7 Å². The summed E-state index contributed by atoms with van der Waals surface area (Å²) in [5.74, 6) is -1.03. The van der Waals surface area contributed by atoms with Crippen molar-refractivity contribution in [2.24, 2.45) is 0 Å². The van der Waals surface area contributed by atoms with Crippen molar-refractivity contribution in [3.05, 3.63) is 0 Å². The number of aliphatic carboxylic acids is 1. The molecule has 30 heavy (non-hydrogen) atoms. The maximum Gasteiger partial charge on any atom is 1.00 e. The van der Waals surface area contributed by atoms with Crippen molar-refractivity contribution < 1.29 is 57.2 Å². The van der Waals surface area contributed by atoms with Crippen molar-refractivity contribution in [1.29, 1.82) is 0 Å². The van der Waals surface area contributed by atoms with Crippen molar-refractivity contribution in [2.45, 2.75) is 128 Å². The van der Waals surface area contributed by atoms with Gasteiger partial charge in [0, 0.05) is 5.97 Å². The zero-order chi connectivity index (χ0) is 22.0. The van der Waals surface area contributed by atoms with Crippen LogP contribution in [-0.4, -0.2) is 37.5 Å². The fourth-order valence-corrected chi connectivity index (χ4v) is 4.90. The van der Waals surface area contributed by atoms with Crippen LogP contribution in [0.1, 0.15) is 117 Å². The maximum absolute atomic E-state index is 12.6. The van der Waals surface area contributed by atoms with Crippen LogP contribution in [0.2, 0.25) is 0 Å². The Morgan fingerprint density at radius 3 is 1.90 bits per heavy atom. The van der Waals surface area contributed by atoms with E-state index in [4.69, 9.17) is 4.18 Å². The van der Waals surface area contributed by atoms with E-state index < -0.39 is 27.4 Å². The van der Waals surface area contributed by atoms with Gasteiger partial charge in [0.1, 0.15) is 5.25 Å². The Labute approximate surface area is 207 Å². The number of hydrogen-bond acceptors (Lipinski definition) is 6. The van der Waals surface area contributed by atoms with Crippen LogP contribution in [0.5, 0.6) is 0 Å². The summed E-state index contributed by atoms with van der Waals surface area (Å²) < 4.78 is 30.4. The number of carbonyl (C=O) groups is 1. The molecule has 0 aromatic heterocycles. The molecule has 1 N–H and O–H groups in total. The second-order valence-corrected chi connectivity index (χ2v) is 9.84. The molecule has 0 saturated carbocycles. The largest absolute Gasteiger partial charge is 1.00 e. The molecule has 0 spiro atoms. The van der Waals surface area contributed by atoms with Crippen LogP contribution < -0.4 is 34.7 Å². The van der Waals surface area contributed by atoms with E-state index >= 15 is 0 Å². The molecule has 0 amide bonds. The van der Waals surface area contributed by atoms with Crippen molar-refractivity contribution in [3.8, 4) is 0 Å². The Morgan fingerprint density at radius 1 is 0.833 bits per heavy atom. The molecule has 8 heteroatoms. The fraction of sp³-hybridized carbons (Fsp3) is 0.955. The quantitative estimate of drug-likeness (QED) is 0.157. The van der Waals surface area contributed by atoms with E-state index in [2.05, 4.69) is 6.92 Å². The summed E-state index contributed by atoms with van der Waals surface area (Å²) in [5, 5.41) is 20.1. The minimum absolute atomic E-state index is 0. The van der Waals surface area contributed by atoms with Gasteiger partial charge in [-0.15, -0.1) is 0 Å². The minimum atomic E-state index is -3.79. The van der Waals surface area contributed by atoms with Gasteiger partial charge in [-0.3, -0.25) is 4.18 Å². The Hall–Kier alpha value is 0.340. The van der Waals surface area contributed by atoms with Gasteiger partial charge in [-0.05, 0) is 32.1 Å². The number of carbonyl (C=O) groups excluding carboxylic acids is 1. The SMILES string of the molecule is CCCCCCCCC(O)C(CCCCCCCC(=O)[O-])S(=O)(=O)OCCCC.[Na+]. The maximum atomic E-state index is 12.6. The monoisotopic (exact) mass is 458 g/mol. The van der Waals surface area contributed by atoms with Gasteiger partial charge in [0.25, 0.3) is 10.1 Å². The van der Waals surface area contributed by atoms with Gasteiger partial charge in [-0.2, -0.15) is 8.42 Å². The molecule has 0 fully saturated rings. The molecule has 0 radical (unpaired) electrons. The van der Waals surface area contributed by atoms with Crippen LogP contribution in [-0.2, 0) is 19.1 Å². The number of aliphatic hydroxyl groups is 1. The molecule has 6 nitrogen and oxygen atoms in total. The summed E-state index contributed by atoms with van der Waals surface area (Å²) in [7, 11) is -3.79. The number of carboxylic acid groups (broad SMARTS) is 1. The Bertz CT molecular complexity index is 498. The second kappa shape index (κ2) is 21.2. The summed E-state index contributed by atoms with van der Waals surface area (Å²) in [6.07, 6.45) is 11.8. The van der Waals surface area contributed by atoms with E-state index in [-0.39, 0.29) is 42.6 Å². The van der Waals surface area contributed by atoms with Gasteiger partial charge in [-0.1, -0.05) is 84.5 Å². The van der Waals surface area contributed by atoms with Crippen LogP contribution in [0.3, 0.4) is 0 Å². The van der Waals surface area contributed by atoms with Gasteiger partial charge >= 0.3 is 29.6 Å². The molecule has 0 aromatic carbocycles. The molecule has 0 heterocycles. The van der Waals surface area contributed by atoms with Crippen molar-refractivity contribution in [2.75, 3.05) is 6.61 Å². The molecule has 0 aliphatic carbocycles. The molecule has 0 rings (SSSR count). The average Bonchev–Trinajstić information content (AvgIpc) is 2.66. The van der Waals surface area contributed by atoms with E-state index in [0.717, 1.165) is 44.9 Å². The number of aliphatic hydroxyl groups excluding tert-OH is 1. The van der Waals surface area contributed by atoms with Crippen molar-refractivity contribution in [1.82, 2.24) is 0 Å². The first-order valence-electron chi connectivity index (χ1n) is 11.6. The third-order valence-corrected chi connectivity index (χ3v) is 7.06. The van der Waals surface area contributed by atoms with E-state index in [9.17, 15) is 23.4 Å². The van der Waals surface area contributed by atoms with Crippen LogP contribution in [0, 0.1) is 0 Å². The average molecular weight is 459 g/mol. The summed E-state index contributed by atoms with van der Waals surface area (Å²) in [4.78, 5) is 10.4. The third kappa shape index (κ3) is 18.0. The minimum Gasteiger partial charge on any atom is -0.550 e. The van der Waals surface area contributed by atoms with Crippen LogP contribution in [0.4, 0.5) is 0 Å².